The summed E-state index contributed by atoms with van der Waals surface area (Å²) in [4.78, 5) is 0. The molecule has 2 heteroatoms. The van der Waals surface area contributed by atoms with Gasteiger partial charge in [0, 0.05) is 0 Å². The zero-order valence-electron chi connectivity index (χ0n) is 12.6. The van der Waals surface area contributed by atoms with Crippen molar-refractivity contribution in [3.05, 3.63) is 35.9 Å². The molecule has 1 heterocycles. The summed E-state index contributed by atoms with van der Waals surface area (Å²) in [5, 5.41) is 0. The molecule has 1 aromatic rings. The molecule has 106 valence electrons. The van der Waals surface area contributed by atoms with Gasteiger partial charge in [0.1, 0.15) is 0 Å². The van der Waals surface area contributed by atoms with Crippen molar-refractivity contribution in [3.8, 4) is 0 Å². The topological polar surface area (TPSA) is 18.5 Å². The Labute approximate surface area is 117 Å². The smallest absolute Gasteiger partial charge is 0.0898 e. The molecule has 2 nitrogen and oxygen atoms in total. The third-order valence-corrected chi connectivity index (χ3v) is 4.18. The molecule has 2 atom stereocenters. The van der Waals surface area contributed by atoms with Crippen molar-refractivity contribution >= 4 is 0 Å². The van der Waals surface area contributed by atoms with Gasteiger partial charge < -0.3 is 9.47 Å². The van der Waals surface area contributed by atoms with Crippen LogP contribution in [0, 0.1) is 5.92 Å². The van der Waals surface area contributed by atoms with E-state index >= 15 is 0 Å². The largest absolute Gasteiger partial charge is 0.374 e. The van der Waals surface area contributed by atoms with Crippen molar-refractivity contribution in [2.45, 2.75) is 58.3 Å². The maximum absolute atomic E-state index is 6.25. The van der Waals surface area contributed by atoms with Crippen LogP contribution in [0.4, 0.5) is 0 Å². The van der Waals surface area contributed by atoms with Gasteiger partial charge in [-0.1, -0.05) is 43.7 Å². The third kappa shape index (κ3) is 3.58. The summed E-state index contributed by atoms with van der Waals surface area (Å²) < 4.78 is 12.1. The summed E-state index contributed by atoms with van der Waals surface area (Å²) in [5.74, 6) is 0.623. The van der Waals surface area contributed by atoms with Crippen LogP contribution in [-0.2, 0) is 16.1 Å². The molecule has 0 amide bonds. The molecule has 1 aromatic carbocycles. The lowest BCUT2D eigenvalue weighted by atomic mass is 9.85. The van der Waals surface area contributed by atoms with Crippen LogP contribution in [0.3, 0.4) is 0 Å². The second-order valence-electron chi connectivity index (χ2n) is 6.44. The quantitative estimate of drug-likeness (QED) is 0.792. The van der Waals surface area contributed by atoms with Gasteiger partial charge in [-0.2, -0.15) is 0 Å². The molecule has 0 N–H and O–H groups in total. The lowest BCUT2D eigenvalue weighted by molar-refractivity contribution is -0.120. The van der Waals surface area contributed by atoms with E-state index in [1.807, 2.05) is 18.2 Å². The van der Waals surface area contributed by atoms with Crippen LogP contribution >= 0.6 is 0 Å². The van der Waals surface area contributed by atoms with Gasteiger partial charge in [-0.05, 0) is 38.7 Å². The van der Waals surface area contributed by atoms with E-state index in [0.29, 0.717) is 19.1 Å². The van der Waals surface area contributed by atoms with Crippen LogP contribution < -0.4 is 0 Å². The number of hydrogen-bond acceptors (Lipinski definition) is 2. The van der Waals surface area contributed by atoms with E-state index in [0.717, 1.165) is 6.42 Å². The fourth-order valence-corrected chi connectivity index (χ4v) is 3.21. The summed E-state index contributed by atoms with van der Waals surface area (Å²) in [6, 6.07) is 10.3. The van der Waals surface area contributed by atoms with Gasteiger partial charge in [0.2, 0.25) is 0 Å². The Bertz CT molecular complexity index is 399. The molecule has 0 radical (unpaired) electrons. The number of ether oxygens (including phenoxy) is 2. The van der Waals surface area contributed by atoms with E-state index in [-0.39, 0.29) is 11.2 Å². The number of benzene rings is 1. The van der Waals surface area contributed by atoms with Gasteiger partial charge in [0.05, 0.1) is 24.4 Å². The van der Waals surface area contributed by atoms with Crippen LogP contribution in [0.2, 0.25) is 0 Å². The molecule has 1 aliphatic rings. The monoisotopic (exact) mass is 262 g/mol. The maximum Gasteiger partial charge on any atom is 0.0898 e. The van der Waals surface area contributed by atoms with E-state index in [1.165, 1.54) is 12.0 Å². The molecule has 19 heavy (non-hydrogen) atoms. The predicted octanol–water partition coefficient (Wildman–Crippen LogP) is 4.19. The molecule has 1 aliphatic heterocycles. The second-order valence-corrected chi connectivity index (χ2v) is 6.44. The molecule has 0 saturated carbocycles. The normalized spacial score (nSPS) is 29.6. The number of rotatable bonds is 5. The van der Waals surface area contributed by atoms with Crippen molar-refractivity contribution in [2.75, 3.05) is 6.61 Å². The summed E-state index contributed by atoms with van der Waals surface area (Å²) in [6.07, 6.45) is 2.26. The fourth-order valence-electron chi connectivity index (χ4n) is 3.21. The Balaban J connectivity index is 1.86. The van der Waals surface area contributed by atoms with Crippen molar-refractivity contribution in [3.63, 3.8) is 0 Å². The Kier molecular flexibility index (Phi) is 4.32. The third-order valence-electron chi connectivity index (χ3n) is 4.18. The summed E-state index contributed by atoms with van der Waals surface area (Å²) in [6.45, 7) is 10.1. The highest BCUT2D eigenvalue weighted by atomic mass is 16.6. The predicted molar refractivity (Wildman–Crippen MR) is 78.1 cm³/mol. The molecule has 0 aromatic heterocycles. The van der Waals surface area contributed by atoms with E-state index in [1.54, 1.807) is 0 Å². The molecule has 2 unspecified atom stereocenters. The van der Waals surface area contributed by atoms with Gasteiger partial charge in [0.25, 0.3) is 0 Å². The summed E-state index contributed by atoms with van der Waals surface area (Å²) in [5.41, 5.74) is 1.05. The van der Waals surface area contributed by atoms with E-state index in [2.05, 4.69) is 39.8 Å². The molecular weight excluding hydrogens is 236 g/mol. The first kappa shape index (κ1) is 14.5. The lowest BCUT2D eigenvalue weighted by Crippen LogP contribution is -2.34. The second kappa shape index (κ2) is 5.64. The standard InChI is InChI=1S/C17H26O2/c1-5-15-11-17(4,19-16(15,2)3)13-18-12-14-9-7-6-8-10-14/h6-10,15H,5,11-13H2,1-4H3. The molecule has 0 aliphatic carbocycles. The molecule has 1 fully saturated rings. The Morgan fingerprint density at radius 2 is 1.89 bits per heavy atom. The van der Waals surface area contributed by atoms with E-state index < -0.39 is 0 Å². The van der Waals surface area contributed by atoms with Crippen molar-refractivity contribution < 1.29 is 9.47 Å². The molecular formula is C17H26O2. The van der Waals surface area contributed by atoms with E-state index in [4.69, 9.17) is 9.47 Å². The Morgan fingerprint density at radius 3 is 2.47 bits per heavy atom. The zero-order chi connectivity index (χ0) is 13.9. The van der Waals surface area contributed by atoms with Gasteiger partial charge in [-0.15, -0.1) is 0 Å². The highest BCUT2D eigenvalue weighted by molar-refractivity contribution is 5.13. The molecule has 1 saturated heterocycles. The average molecular weight is 262 g/mol. The van der Waals surface area contributed by atoms with Crippen LogP contribution in [-0.4, -0.2) is 17.8 Å². The highest BCUT2D eigenvalue weighted by Crippen LogP contribution is 2.43. The Morgan fingerprint density at radius 1 is 1.21 bits per heavy atom. The van der Waals surface area contributed by atoms with Crippen LogP contribution in [0.1, 0.15) is 46.1 Å². The van der Waals surface area contributed by atoms with Crippen LogP contribution in [0.5, 0.6) is 0 Å². The van der Waals surface area contributed by atoms with Gasteiger partial charge >= 0.3 is 0 Å². The summed E-state index contributed by atoms with van der Waals surface area (Å²) >= 11 is 0. The zero-order valence-corrected chi connectivity index (χ0v) is 12.6. The molecule has 0 spiro atoms. The summed E-state index contributed by atoms with van der Waals surface area (Å²) in [7, 11) is 0. The van der Waals surface area contributed by atoms with Crippen LogP contribution in [0.25, 0.3) is 0 Å². The minimum absolute atomic E-state index is 0.0282. The van der Waals surface area contributed by atoms with Gasteiger partial charge in [0.15, 0.2) is 0 Å². The first-order valence-electron chi connectivity index (χ1n) is 7.27. The van der Waals surface area contributed by atoms with Gasteiger partial charge in [-0.3, -0.25) is 0 Å². The highest BCUT2D eigenvalue weighted by Gasteiger charge is 2.47. The Hall–Kier alpha value is -0.860. The van der Waals surface area contributed by atoms with Crippen molar-refractivity contribution in [2.24, 2.45) is 5.92 Å². The molecule has 0 bridgehead atoms. The maximum atomic E-state index is 6.25. The molecule has 2 rings (SSSR count). The van der Waals surface area contributed by atoms with Crippen molar-refractivity contribution in [1.82, 2.24) is 0 Å². The fraction of sp³-hybridized carbons (Fsp3) is 0.647. The first-order chi connectivity index (χ1) is 8.95. The van der Waals surface area contributed by atoms with Crippen molar-refractivity contribution in [1.29, 1.82) is 0 Å². The average Bonchev–Trinajstić information content (AvgIpc) is 2.60. The van der Waals surface area contributed by atoms with Crippen LogP contribution in [0.15, 0.2) is 30.3 Å². The SMILES string of the molecule is CCC1CC(C)(COCc2ccccc2)OC1(C)C. The minimum Gasteiger partial charge on any atom is -0.374 e. The lowest BCUT2D eigenvalue weighted by Gasteiger charge is -2.28. The first-order valence-corrected chi connectivity index (χ1v) is 7.27. The van der Waals surface area contributed by atoms with E-state index in [9.17, 15) is 0 Å². The van der Waals surface area contributed by atoms with Gasteiger partial charge in [-0.25, -0.2) is 0 Å². The number of hydrogen-bond donors (Lipinski definition) is 0. The minimum atomic E-state index is -0.140.